The maximum atomic E-state index is 12.9. The SMILES string of the molecule is COc1ccc(C2(C)NC(=O)N(CC(=O)NCC(=O)Nc3ccc(Br)cc3)C2=O)cc1. The Morgan fingerprint density at radius 1 is 1.06 bits per heavy atom. The Morgan fingerprint density at radius 3 is 2.32 bits per heavy atom. The minimum absolute atomic E-state index is 0.297. The van der Waals surface area contributed by atoms with Gasteiger partial charge in [0.1, 0.15) is 17.8 Å². The topological polar surface area (TPSA) is 117 Å². The van der Waals surface area contributed by atoms with Gasteiger partial charge < -0.3 is 20.7 Å². The molecule has 1 atom stereocenters. The average molecular weight is 489 g/mol. The first kappa shape index (κ1) is 22.3. The van der Waals surface area contributed by atoms with Crippen molar-refractivity contribution in [3.8, 4) is 5.75 Å². The van der Waals surface area contributed by atoms with E-state index in [1.54, 1.807) is 55.5 Å². The third kappa shape index (κ3) is 5.02. The number of halogens is 1. The predicted octanol–water partition coefficient (Wildman–Crippen LogP) is 1.98. The second-order valence-electron chi connectivity index (χ2n) is 7.01. The summed E-state index contributed by atoms with van der Waals surface area (Å²) in [6.07, 6.45) is 0. The van der Waals surface area contributed by atoms with Crippen molar-refractivity contribution in [3.63, 3.8) is 0 Å². The van der Waals surface area contributed by atoms with Crippen LogP contribution in [0.1, 0.15) is 12.5 Å². The number of urea groups is 1. The van der Waals surface area contributed by atoms with Gasteiger partial charge in [0.15, 0.2) is 0 Å². The van der Waals surface area contributed by atoms with E-state index in [4.69, 9.17) is 4.74 Å². The fourth-order valence-electron chi connectivity index (χ4n) is 3.08. The van der Waals surface area contributed by atoms with E-state index in [2.05, 4.69) is 31.9 Å². The van der Waals surface area contributed by atoms with Gasteiger partial charge >= 0.3 is 6.03 Å². The van der Waals surface area contributed by atoms with Gasteiger partial charge in [-0.05, 0) is 48.9 Å². The first-order valence-corrected chi connectivity index (χ1v) is 10.1. The van der Waals surface area contributed by atoms with E-state index in [9.17, 15) is 19.2 Å². The number of rotatable bonds is 7. The third-order valence-electron chi connectivity index (χ3n) is 4.82. The standard InChI is InChI=1S/C21H21BrN4O5/c1-21(13-3-9-16(31-2)10-4-13)19(29)26(20(30)25-21)12-18(28)23-11-17(27)24-15-7-5-14(22)6-8-15/h3-10H,11-12H2,1-2H3,(H,23,28)(H,24,27)(H,25,30). The molecule has 1 unspecified atom stereocenters. The highest BCUT2D eigenvalue weighted by Gasteiger charge is 2.49. The second kappa shape index (κ2) is 9.17. The van der Waals surface area contributed by atoms with E-state index in [0.29, 0.717) is 17.0 Å². The number of methoxy groups -OCH3 is 1. The minimum atomic E-state index is -1.30. The largest absolute Gasteiger partial charge is 0.497 e. The quantitative estimate of drug-likeness (QED) is 0.515. The lowest BCUT2D eigenvalue weighted by atomic mass is 9.92. The molecule has 2 aromatic carbocycles. The summed E-state index contributed by atoms with van der Waals surface area (Å²) in [4.78, 5) is 50.3. The molecule has 31 heavy (non-hydrogen) atoms. The molecule has 9 nitrogen and oxygen atoms in total. The van der Waals surface area contributed by atoms with Crippen molar-refractivity contribution in [2.75, 3.05) is 25.5 Å². The number of hydrogen-bond acceptors (Lipinski definition) is 5. The third-order valence-corrected chi connectivity index (χ3v) is 5.35. The van der Waals surface area contributed by atoms with Crippen molar-refractivity contribution in [3.05, 3.63) is 58.6 Å². The van der Waals surface area contributed by atoms with Crippen LogP contribution in [0.2, 0.25) is 0 Å². The Morgan fingerprint density at radius 2 is 1.71 bits per heavy atom. The molecule has 10 heteroatoms. The number of carbonyl (C=O) groups is 4. The van der Waals surface area contributed by atoms with E-state index >= 15 is 0 Å². The summed E-state index contributed by atoms with van der Waals surface area (Å²) in [5, 5.41) is 7.67. The Hall–Kier alpha value is -3.40. The number of benzene rings is 2. The molecule has 0 aliphatic carbocycles. The van der Waals surface area contributed by atoms with Crippen LogP contribution >= 0.6 is 15.9 Å². The van der Waals surface area contributed by atoms with Gasteiger partial charge in [-0.15, -0.1) is 0 Å². The number of ether oxygens (including phenoxy) is 1. The molecule has 5 amide bonds. The maximum absolute atomic E-state index is 12.9. The number of amides is 5. The summed E-state index contributed by atoms with van der Waals surface area (Å²) in [5.74, 6) is -1.01. The zero-order chi connectivity index (χ0) is 22.6. The van der Waals surface area contributed by atoms with Crippen molar-refractivity contribution in [1.82, 2.24) is 15.5 Å². The van der Waals surface area contributed by atoms with Crippen LogP contribution < -0.4 is 20.7 Å². The monoisotopic (exact) mass is 488 g/mol. The highest BCUT2D eigenvalue weighted by atomic mass is 79.9. The van der Waals surface area contributed by atoms with Gasteiger partial charge in [0.25, 0.3) is 5.91 Å². The highest BCUT2D eigenvalue weighted by Crippen LogP contribution is 2.29. The van der Waals surface area contributed by atoms with Gasteiger partial charge in [0, 0.05) is 10.2 Å². The molecule has 3 N–H and O–H groups in total. The molecule has 2 aromatic rings. The number of anilines is 1. The van der Waals surface area contributed by atoms with Gasteiger partial charge in [-0.3, -0.25) is 19.3 Å². The normalized spacial score (nSPS) is 17.8. The summed E-state index contributed by atoms with van der Waals surface area (Å²) in [6, 6.07) is 13.0. The molecular formula is C21H21BrN4O5. The van der Waals surface area contributed by atoms with Crippen LogP contribution in [-0.2, 0) is 19.9 Å². The molecule has 1 fully saturated rings. The first-order chi connectivity index (χ1) is 14.7. The molecule has 1 aliphatic heterocycles. The summed E-state index contributed by atoms with van der Waals surface area (Å²) < 4.78 is 5.97. The molecular weight excluding hydrogens is 468 g/mol. The number of carbonyl (C=O) groups excluding carboxylic acids is 4. The van der Waals surface area contributed by atoms with Crippen LogP contribution in [-0.4, -0.2) is 48.9 Å². The minimum Gasteiger partial charge on any atom is -0.497 e. The summed E-state index contributed by atoms with van der Waals surface area (Å²) in [7, 11) is 1.53. The Labute approximate surface area is 187 Å². The molecule has 0 radical (unpaired) electrons. The fraction of sp³-hybridized carbons (Fsp3) is 0.238. The summed E-state index contributed by atoms with van der Waals surface area (Å²) in [5.41, 5.74) is -0.169. The van der Waals surface area contributed by atoms with Crippen LogP contribution in [0.25, 0.3) is 0 Å². The van der Waals surface area contributed by atoms with Gasteiger partial charge in [-0.2, -0.15) is 0 Å². The lowest BCUT2D eigenvalue weighted by Gasteiger charge is -2.22. The van der Waals surface area contributed by atoms with Crippen molar-refractivity contribution in [1.29, 1.82) is 0 Å². The number of nitrogens with one attached hydrogen (secondary N) is 3. The Kier molecular flexibility index (Phi) is 6.59. The van der Waals surface area contributed by atoms with Crippen LogP contribution in [0.5, 0.6) is 5.75 Å². The van der Waals surface area contributed by atoms with Crippen LogP contribution in [0, 0.1) is 0 Å². The van der Waals surface area contributed by atoms with Crippen molar-refractivity contribution < 1.29 is 23.9 Å². The molecule has 0 bridgehead atoms. The van der Waals surface area contributed by atoms with E-state index < -0.39 is 35.8 Å². The van der Waals surface area contributed by atoms with Crippen LogP contribution in [0.4, 0.5) is 10.5 Å². The van der Waals surface area contributed by atoms with Crippen molar-refractivity contribution in [2.24, 2.45) is 0 Å². The number of hydrogen-bond donors (Lipinski definition) is 3. The molecule has 1 aliphatic rings. The first-order valence-electron chi connectivity index (χ1n) is 9.33. The molecule has 162 valence electrons. The molecule has 0 aromatic heterocycles. The fourth-order valence-corrected chi connectivity index (χ4v) is 3.34. The van der Waals surface area contributed by atoms with Gasteiger partial charge in [0.05, 0.1) is 13.7 Å². The zero-order valence-electron chi connectivity index (χ0n) is 16.9. The average Bonchev–Trinajstić information content (AvgIpc) is 2.98. The second-order valence-corrected chi connectivity index (χ2v) is 7.92. The molecule has 3 rings (SSSR count). The smallest absolute Gasteiger partial charge is 0.325 e. The predicted molar refractivity (Wildman–Crippen MR) is 116 cm³/mol. The van der Waals surface area contributed by atoms with E-state index in [1.165, 1.54) is 7.11 Å². The highest BCUT2D eigenvalue weighted by molar-refractivity contribution is 9.10. The molecule has 0 spiro atoms. The van der Waals surface area contributed by atoms with E-state index in [-0.39, 0.29) is 6.54 Å². The zero-order valence-corrected chi connectivity index (χ0v) is 18.5. The summed E-state index contributed by atoms with van der Waals surface area (Å²) >= 11 is 3.30. The van der Waals surface area contributed by atoms with Gasteiger partial charge in [-0.1, -0.05) is 28.1 Å². The van der Waals surface area contributed by atoms with E-state index in [1.807, 2.05) is 0 Å². The van der Waals surface area contributed by atoms with Crippen LogP contribution in [0.15, 0.2) is 53.0 Å². The molecule has 0 saturated carbocycles. The van der Waals surface area contributed by atoms with E-state index in [0.717, 1.165) is 9.37 Å². The maximum Gasteiger partial charge on any atom is 0.325 e. The van der Waals surface area contributed by atoms with Crippen molar-refractivity contribution in [2.45, 2.75) is 12.5 Å². The van der Waals surface area contributed by atoms with Crippen LogP contribution in [0.3, 0.4) is 0 Å². The molecule has 1 heterocycles. The Bertz CT molecular complexity index is 1010. The van der Waals surface area contributed by atoms with Gasteiger partial charge in [-0.25, -0.2) is 4.79 Å². The molecule has 1 saturated heterocycles. The lowest BCUT2D eigenvalue weighted by Crippen LogP contribution is -2.44. The summed E-state index contributed by atoms with van der Waals surface area (Å²) in [6.45, 7) is 0.773. The van der Waals surface area contributed by atoms with Crippen molar-refractivity contribution >= 4 is 45.4 Å². The number of nitrogens with zero attached hydrogens (tertiary/aromatic N) is 1. The van der Waals surface area contributed by atoms with Gasteiger partial charge in [0.2, 0.25) is 11.8 Å². The lowest BCUT2D eigenvalue weighted by molar-refractivity contribution is -0.135. The Balaban J connectivity index is 1.56. The number of imide groups is 1.